The summed E-state index contributed by atoms with van der Waals surface area (Å²) < 4.78 is 13.3. The van der Waals surface area contributed by atoms with Crippen LogP contribution in [0.15, 0.2) is 36.4 Å². The molecule has 0 atom stereocenters. The molecule has 2 N–H and O–H groups in total. The number of hydrogen-bond acceptors (Lipinski definition) is 4. The molecule has 0 saturated carbocycles. The molecule has 0 spiro atoms. The SMILES string of the molecule is CCCOCCNC(=O)CCc1cc(I)c(Oc2ccc(O)cc2)c(I)c1. The summed E-state index contributed by atoms with van der Waals surface area (Å²) in [7, 11) is 0. The number of halogens is 2. The Morgan fingerprint density at radius 1 is 1.11 bits per heavy atom. The molecule has 0 heterocycles. The van der Waals surface area contributed by atoms with E-state index in [0.29, 0.717) is 31.7 Å². The number of aryl methyl sites for hydroxylation is 1. The summed E-state index contributed by atoms with van der Waals surface area (Å²) in [6.45, 7) is 3.89. The Morgan fingerprint density at radius 3 is 2.41 bits per heavy atom. The molecule has 0 aromatic heterocycles. The second-order valence-corrected chi connectivity index (χ2v) is 8.27. The van der Waals surface area contributed by atoms with Gasteiger partial charge in [0.15, 0.2) is 5.75 Å². The van der Waals surface area contributed by atoms with E-state index in [-0.39, 0.29) is 11.7 Å². The molecule has 5 nitrogen and oxygen atoms in total. The molecule has 0 saturated heterocycles. The first-order chi connectivity index (χ1) is 13.0. The van der Waals surface area contributed by atoms with Crippen LogP contribution < -0.4 is 10.1 Å². The molecule has 0 aliphatic heterocycles. The van der Waals surface area contributed by atoms with E-state index in [9.17, 15) is 9.90 Å². The van der Waals surface area contributed by atoms with Crippen LogP contribution in [0.1, 0.15) is 25.3 Å². The molecule has 0 unspecified atom stereocenters. The first-order valence-electron chi connectivity index (χ1n) is 8.79. The second-order valence-electron chi connectivity index (χ2n) is 5.95. The van der Waals surface area contributed by atoms with E-state index in [1.165, 1.54) is 0 Å². The molecule has 27 heavy (non-hydrogen) atoms. The third kappa shape index (κ3) is 7.82. The van der Waals surface area contributed by atoms with Crippen LogP contribution in [0, 0.1) is 7.14 Å². The fraction of sp³-hybridized carbons (Fsp3) is 0.350. The number of carbonyl (C=O) groups excluding carboxylic acids is 1. The van der Waals surface area contributed by atoms with E-state index in [1.807, 2.05) is 12.1 Å². The number of phenolic OH excluding ortho intramolecular Hbond substituents is 1. The average molecular weight is 595 g/mol. The van der Waals surface area contributed by atoms with E-state index in [1.54, 1.807) is 24.3 Å². The number of phenols is 1. The van der Waals surface area contributed by atoms with Gasteiger partial charge in [0.05, 0.1) is 13.7 Å². The average Bonchev–Trinajstić information content (AvgIpc) is 2.64. The van der Waals surface area contributed by atoms with Gasteiger partial charge >= 0.3 is 0 Å². The molecular formula is C20H23I2NO4. The highest BCUT2D eigenvalue weighted by Gasteiger charge is 2.11. The van der Waals surface area contributed by atoms with E-state index < -0.39 is 0 Å². The molecule has 146 valence electrons. The van der Waals surface area contributed by atoms with Crippen molar-refractivity contribution in [2.45, 2.75) is 26.2 Å². The van der Waals surface area contributed by atoms with Crippen molar-refractivity contribution in [3.05, 3.63) is 49.1 Å². The minimum atomic E-state index is 0.0320. The summed E-state index contributed by atoms with van der Waals surface area (Å²) >= 11 is 4.48. The molecule has 1 amide bonds. The summed E-state index contributed by atoms with van der Waals surface area (Å²) in [6.07, 6.45) is 2.10. The van der Waals surface area contributed by atoms with Crippen LogP contribution in [-0.2, 0) is 16.0 Å². The first-order valence-corrected chi connectivity index (χ1v) is 10.9. The first kappa shape index (κ1) is 22.2. The van der Waals surface area contributed by atoms with Gasteiger partial charge in [-0.25, -0.2) is 0 Å². The molecule has 2 aromatic carbocycles. The molecule has 0 aliphatic rings. The van der Waals surface area contributed by atoms with Gasteiger partial charge in [0, 0.05) is 19.6 Å². The predicted octanol–water partition coefficient (Wildman–Crippen LogP) is 4.87. The topological polar surface area (TPSA) is 67.8 Å². The third-order valence-electron chi connectivity index (χ3n) is 3.67. The zero-order valence-corrected chi connectivity index (χ0v) is 19.4. The minimum absolute atomic E-state index is 0.0320. The molecule has 0 radical (unpaired) electrons. The van der Waals surface area contributed by atoms with E-state index in [0.717, 1.165) is 31.5 Å². The summed E-state index contributed by atoms with van der Waals surface area (Å²) in [4.78, 5) is 11.9. The summed E-state index contributed by atoms with van der Waals surface area (Å²) in [6, 6.07) is 10.7. The fourth-order valence-corrected chi connectivity index (χ4v) is 4.46. The normalized spacial score (nSPS) is 10.6. The van der Waals surface area contributed by atoms with Crippen molar-refractivity contribution in [3.8, 4) is 17.2 Å². The van der Waals surface area contributed by atoms with Gasteiger partial charge in [-0.1, -0.05) is 6.92 Å². The highest BCUT2D eigenvalue weighted by atomic mass is 127. The van der Waals surface area contributed by atoms with Gasteiger partial charge in [-0.2, -0.15) is 0 Å². The van der Waals surface area contributed by atoms with E-state index >= 15 is 0 Å². The molecule has 7 heteroatoms. The lowest BCUT2D eigenvalue weighted by molar-refractivity contribution is -0.121. The Labute approximate surface area is 187 Å². The molecular weight excluding hydrogens is 572 g/mol. The number of benzene rings is 2. The predicted molar refractivity (Wildman–Crippen MR) is 122 cm³/mol. The van der Waals surface area contributed by atoms with Crippen LogP contribution in [0.2, 0.25) is 0 Å². The van der Waals surface area contributed by atoms with Crippen LogP contribution in [0.4, 0.5) is 0 Å². The maximum Gasteiger partial charge on any atom is 0.220 e. The molecule has 0 aliphatic carbocycles. The van der Waals surface area contributed by atoms with Crippen molar-refractivity contribution in [2.75, 3.05) is 19.8 Å². The smallest absolute Gasteiger partial charge is 0.220 e. The van der Waals surface area contributed by atoms with Crippen LogP contribution in [0.5, 0.6) is 17.2 Å². The Kier molecular flexibility index (Phi) is 9.63. The Hall–Kier alpha value is -1.07. The minimum Gasteiger partial charge on any atom is -0.508 e. The lowest BCUT2D eigenvalue weighted by atomic mass is 10.1. The zero-order chi connectivity index (χ0) is 19.6. The third-order valence-corrected chi connectivity index (χ3v) is 5.28. The van der Waals surface area contributed by atoms with Gasteiger partial charge < -0.3 is 19.9 Å². The van der Waals surface area contributed by atoms with Gasteiger partial charge in [-0.05, 0) is 100.0 Å². The highest BCUT2D eigenvalue weighted by molar-refractivity contribution is 14.1. The van der Waals surface area contributed by atoms with Crippen molar-refractivity contribution in [1.82, 2.24) is 5.32 Å². The number of amides is 1. The zero-order valence-electron chi connectivity index (χ0n) is 15.1. The Bertz CT molecular complexity index is 727. The van der Waals surface area contributed by atoms with Crippen molar-refractivity contribution in [2.24, 2.45) is 0 Å². The largest absolute Gasteiger partial charge is 0.508 e. The van der Waals surface area contributed by atoms with E-state index in [4.69, 9.17) is 9.47 Å². The number of nitrogens with one attached hydrogen (secondary N) is 1. The summed E-state index contributed by atoms with van der Waals surface area (Å²) in [5.41, 5.74) is 1.10. The van der Waals surface area contributed by atoms with Crippen LogP contribution >= 0.6 is 45.2 Å². The summed E-state index contributed by atoms with van der Waals surface area (Å²) in [5.74, 6) is 1.69. The fourth-order valence-electron chi connectivity index (χ4n) is 2.34. The van der Waals surface area contributed by atoms with E-state index in [2.05, 4.69) is 57.4 Å². The van der Waals surface area contributed by atoms with Gasteiger partial charge in [0.1, 0.15) is 11.5 Å². The van der Waals surface area contributed by atoms with Gasteiger partial charge in [0.25, 0.3) is 0 Å². The van der Waals surface area contributed by atoms with Gasteiger partial charge in [0.2, 0.25) is 5.91 Å². The summed E-state index contributed by atoms with van der Waals surface area (Å²) in [5, 5.41) is 12.2. The van der Waals surface area contributed by atoms with Crippen molar-refractivity contribution in [1.29, 1.82) is 0 Å². The van der Waals surface area contributed by atoms with Gasteiger partial charge in [-0.3, -0.25) is 4.79 Å². The Morgan fingerprint density at radius 2 is 1.78 bits per heavy atom. The second kappa shape index (κ2) is 11.7. The maximum atomic E-state index is 11.9. The van der Waals surface area contributed by atoms with Crippen molar-refractivity contribution in [3.63, 3.8) is 0 Å². The Balaban J connectivity index is 1.88. The number of ether oxygens (including phenoxy) is 2. The van der Waals surface area contributed by atoms with Crippen LogP contribution in [-0.4, -0.2) is 30.8 Å². The number of carbonyl (C=O) groups is 1. The van der Waals surface area contributed by atoms with Gasteiger partial charge in [-0.15, -0.1) is 0 Å². The maximum absolute atomic E-state index is 11.9. The number of rotatable bonds is 10. The molecule has 2 aromatic rings. The lowest BCUT2D eigenvalue weighted by Gasteiger charge is -2.12. The highest BCUT2D eigenvalue weighted by Crippen LogP contribution is 2.33. The lowest BCUT2D eigenvalue weighted by Crippen LogP contribution is -2.27. The van der Waals surface area contributed by atoms with Crippen LogP contribution in [0.3, 0.4) is 0 Å². The molecule has 0 bridgehead atoms. The van der Waals surface area contributed by atoms with Crippen LogP contribution in [0.25, 0.3) is 0 Å². The quantitative estimate of drug-likeness (QED) is 0.304. The number of hydrogen-bond donors (Lipinski definition) is 2. The molecule has 2 rings (SSSR count). The standard InChI is InChI=1S/C20H23I2NO4/c1-2-10-26-11-9-23-19(25)8-3-14-12-17(21)20(18(22)13-14)27-16-6-4-15(24)5-7-16/h4-7,12-13,24H,2-3,8-11H2,1H3,(H,23,25). The molecule has 0 fully saturated rings. The van der Waals surface area contributed by atoms with Crippen molar-refractivity contribution >= 4 is 51.1 Å². The van der Waals surface area contributed by atoms with Crippen molar-refractivity contribution < 1.29 is 19.4 Å². The number of aromatic hydroxyl groups is 1. The monoisotopic (exact) mass is 595 g/mol.